The molecule has 0 radical (unpaired) electrons. The van der Waals surface area contributed by atoms with Crippen LogP contribution in [0.3, 0.4) is 0 Å². The first kappa shape index (κ1) is 14.4. The van der Waals surface area contributed by atoms with E-state index in [0.717, 1.165) is 4.90 Å². The van der Waals surface area contributed by atoms with E-state index in [0.29, 0.717) is 18.7 Å². The average Bonchev–Trinajstić information content (AvgIpc) is 2.36. The fourth-order valence-corrected chi connectivity index (χ4v) is 2.17. The van der Waals surface area contributed by atoms with Crippen molar-refractivity contribution in [1.29, 1.82) is 0 Å². The number of benzene rings is 1. The molecule has 1 aromatic carbocycles. The summed E-state index contributed by atoms with van der Waals surface area (Å²) in [4.78, 5) is 12.9. The maximum Gasteiger partial charge on any atom is 0.252 e. The Morgan fingerprint density at radius 3 is 2.88 bits per heavy atom. The molecule has 1 rings (SSSR count). The molecule has 0 saturated carbocycles. The first-order chi connectivity index (χ1) is 8.19. The first-order valence-corrected chi connectivity index (χ1v) is 6.89. The van der Waals surface area contributed by atoms with Crippen LogP contribution >= 0.6 is 23.4 Å². The molecule has 0 aromatic heterocycles. The van der Waals surface area contributed by atoms with E-state index < -0.39 is 0 Å². The Morgan fingerprint density at radius 1 is 1.53 bits per heavy atom. The molecular formula is C12H16ClNO2S. The van der Waals surface area contributed by atoms with Gasteiger partial charge in [-0.2, -0.15) is 0 Å². The Morgan fingerprint density at radius 2 is 2.24 bits per heavy atom. The molecule has 1 amide bonds. The van der Waals surface area contributed by atoms with Gasteiger partial charge in [-0.25, -0.2) is 0 Å². The Bertz CT molecular complexity index is 373. The highest BCUT2D eigenvalue weighted by atomic mass is 35.5. The van der Waals surface area contributed by atoms with Crippen LogP contribution in [0, 0.1) is 0 Å². The van der Waals surface area contributed by atoms with Crippen molar-refractivity contribution in [2.24, 2.45) is 0 Å². The van der Waals surface area contributed by atoms with Crippen molar-refractivity contribution in [3.8, 4) is 0 Å². The van der Waals surface area contributed by atoms with Gasteiger partial charge in [0.1, 0.15) is 0 Å². The van der Waals surface area contributed by atoms with E-state index in [-0.39, 0.29) is 11.3 Å². The second kappa shape index (κ2) is 7.58. The van der Waals surface area contributed by atoms with Gasteiger partial charge in [-0.3, -0.25) is 4.79 Å². The molecule has 0 spiro atoms. The van der Waals surface area contributed by atoms with Crippen molar-refractivity contribution < 1.29 is 9.53 Å². The van der Waals surface area contributed by atoms with Gasteiger partial charge in [0.15, 0.2) is 0 Å². The van der Waals surface area contributed by atoms with Gasteiger partial charge in [0.25, 0.3) is 5.91 Å². The Hall–Kier alpha value is -0.710. The number of rotatable bonds is 6. The number of amides is 1. The van der Waals surface area contributed by atoms with E-state index in [9.17, 15) is 4.79 Å². The van der Waals surface area contributed by atoms with Gasteiger partial charge >= 0.3 is 0 Å². The van der Waals surface area contributed by atoms with E-state index in [1.54, 1.807) is 24.9 Å². The highest BCUT2D eigenvalue weighted by molar-refractivity contribution is 7.98. The van der Waals surface area contributed by atoms with E-state index >= 15 is 0 Å². The monoisotopic (exact) mass is 273 g/mol. The van der Waals surface area contributed by atoms with Crippen LogP contribution < -0.4 is 5.32 Å². The molecule has 17 heavy (non-hydrogen) atoms. The molecule has 1 N–H and O–H groups in total. The summed E-state index contributed by atoms with van der Waals surface area (Å²) in [5, 5.41) is 2.59. The zero-order chi connectivity index (χ0) is 12.7. The van der Waals surface area contributed by atoms with Crippen LogP contribution in [0.25, 0.3) is 0 Å². The van der Waals surface area contributed by atoms with Crippen molar-refractivity contribution in [2.75, 3.05) is 26.5 Å². The fourth-order valence-electron chi connectivity index (χ4n) is 1.37. The summed E-state index contributed by atoms with van der Waals surface area (Å²) in [6.07, 6.45) is 1.95. The molecule has 0 aliphatic carbocycles. The molecule has 0 aliphatic heterocycles. The third-order valence-electron chi connectivity index (χ3n) is 2.18. The summed E-state index contributed by atoms with van der Waals surface area (Å²) in [6.45, 7) is 0.822. The maximum atomic E-state index is 11.9. The second-order valence-electron chi connectivity index (χ2n) is 3.46. The first-order valence-electron chi connectivity index (χ1n) is 5.23. The zero-order valence-corrected chi connectivity index (χ0v) is 11.5. The molecule has 1 aromatic rings. The number of alkyl halides is 1. The largest absolute Gasteiger partial charge is 0.383 e. The minimum Gasteiger partial charge on any atom is -0.383 e. The number of halogens is 1. The molecule has 0 aliphatic rings. The number of methoxy groups -OCH3 is 1. The van der Waals surface area contributed by atoms with Crippen molar-refractivity contribution in [3.05, 3.63) is 29.8 Å². The van der Waals surface area contributed by atoms with Crippen LogP contribution in [0.15, 0.2) is 29.2 Å². The standard InChI is InChI=1S/C12H16ClNO2S/c1-16-8-9(13)7-14-12(15)10-5-3-4-6-11(10)17-2/h3-6,9H,7-8H2,1-2H3,(H,14,15). The quantitative estimate of drug-likeness (QED) is 0.639. The summed E-state index contributed by atoms with van der Waals surface area (Å²) in [6, 6.07) is 7.49. The van der Waals surface area contributed by atoms with Crippen LogP contribution in [-0.4, -0.2) is 37.8 Å². The molecule has 3 nitrogen and oxygen atoms in total. The van der Waals surface area contributed by atoms with Crippen molar-refractivity contribution in [3.63, 3.8) is 0 Å². The topological polar surface area (TPSA) is 38.3 Å². The zero-order valence-electron chi connectivity index (χ0n) is 9.90. The van der Waals surface area contributed by atoms with Crippen LogP contribution in [0.5, 0.6) is 0 Å². The Labute approximate surface area is 111 Å². The summed E-state index contributed by atoms with van der Waals surface area (Å²) >= 11 is 7.49. The Balaban J connectivity index is 2.58. The van der Waals surface area contributed by atoms with E-state index in [1.165, 1.54) is 0 Å². The van der Waals surface area contributed by atoms with Crippen LogP contribution in [0.2, 0.25) is 0 Å². The van der Waals surface area contributed by atoms with Gasteiger partial charge in [0, 0.05) is 18.6 Å². The van der Waals surface area contributed by atoms with Crippen LogP contribution in [0.1, 0.15) is 10.4 Å². The van der Waals surface area contributed by atoms with Crippen LogP contribution in [0.4, 0.5) is 0 Å². The highest BCUT2D eigenvalue weighted by Crippen LogP contribution is 2.19. The lowest BCUT2D eigenvalue weighted by Crippen LogP contribution is -2.31. The molecule has 94 valence electrons. The van der Waals surface area contributed by atoms with E-state index in [1.807, 2.05) is 24.5 Å². The lowest BCUT2D eigenvalue weighted by Gasteiger charge is -2.11. The number of ether oxygens (including phenoxy) is 1. The van der Waals surface area contributed by atoms with Gasteiger partial charge in [-0.15, -0.1) is 23.4 Å². The van der Waals surface area contributed by atoms with Gasteiger partial charge in [0.2, 0.25) is 0 Å². The number of thioether (sulfide) groups is 1. The maximum absolute atomic E-state index is 11.9. The lowest BCUT2D eigenvalue weighted by atomic mass is 10.2. The Kier molecular flexibility index (Phi) is 6.40. The van der Waals surface area contributed by atoms with Crippen LogP contribution in [-0.2, 0) is 4.74 Å². The summed E-state index contributed by atoms with van der Waals surface area (Å²) in [5.41, 5.74) is 0.682. The number of hydrogen-bond donors (Lipinski definition) is 1. The minimum absolute atomic E-state index is 0.100. The summed E-state index contributed by atoms with van der Waals surface area (Å²) in [7, 11) is 1.58. The molecule has 0 heterocycles. The molecule has 1 atom stereocenters. The second-order valence-corrected chi connectivity index (χ2v) is 4.93. The smallest absolute Gasteiger partial charge is 0.252 e. The highest BCUT2D eigenvalue weighted by Gasteiger charge is 2.11. The predicted octanol–water partition coefficient (Wildman–Crippen LogP) is 2.39. The molecule has 5 heteroatoms. The van der Waals surface area contributed by atoms with Crippen molar-refractivity contribution >= 4 is 29.3 Å². The predicted molar refractivity (Wildman–Crippen MR) is 72.1 cm³/mol. The summed E-state index contributed by atoms with van der Waals surface area (Å²) in [5.74, 6) is -0.100. The molecule has 0 fully saturated rings. The van der Waals surface area contributed by atoms with Gasteiger partial charge in [-0.05, 0) is 18.4 Å². The number of nitrogens with one attached hydrogen (secondary N) is 1. The van der Waals surface area contributed by atoms with E-state index in [2.05, 4.69) is 5.32 Å². The number of carbonyl (C=O) groups excluding carboxylic acids is 1. The third kappa shape index (κ3) is 4.58. The number of hydrogen-bond acceptors (Lipinski definition) is 3. The van der Waals surface area contributed by atoms with Gasteiger partial charge in [0.05, 0.1) is 17.5 Å². The van der Waals surface area contributed by atoms with Crippen molar-refractivity contribution in [1.82, 2.24) is 5.32 Å². The van der Waals surface area contributed by atoms with Gasteiger partial charge < -0.3 is 10.1 Å². The molecule has 0 bridgehead atoms. The molecule has 0 saturated heterocycles. The van der Waals surface area contributed by atoms with Gasteiger partial charge in [-0.1, -0.05) is 12.1 Å². The lowest BCUT2D eigenvalue weighted by molar-refractivity contribution is 0.0946. The molecule has 1 unspecified atom stereocenters. The number of carbonyl (C=O) groups is 1. The average molecular weight is 274 g/mol. The third-order valence-corrected chi connectivity index (χ3v) is 3.26. The fraction of sp³-hybridized carbons (Fsp3) is 0.417. The summed E-state index contributed by atoms with van der Waals surface area (Å²) < 4.78 is 4.90. The molecular weight excluding hydrogens is 258 g/mol. The SMILES string of the molecule is COCC(Cl)CNC(=O)c1ccccc1SC. The minimum atomic E-state index is -0.203. The normalized spacial score (nSPS) is 12.2. The van der Waals surface area contributed by atoms with Crippen molar-refractivity contribution in [2.45, 2.75) is 10.3 Å². The van der Waals surface area contributed by atoms with E-state index in [4.69, 9.17) is 16.3 Å².